The van der Waals surface area contributed by atoms with Crippen LogP contribution < -0.4 is 8.61 Å². The molecule has 71 heavy (non-hydrogen) atoms. The Morgan fingerprint density at radius 2 is 1.15 bits per heavy atom. The minimum atomic E-state index is -4.05. The van der Waals surface area contributed by atoms with Crippen molar-refractivity contribution in [3.05, 3.63) is 186 Å². The van der Waals surface area contributed by atoms with E-state index in [1.807, 2.05) is 72.8 Å². The molecule has 2 aromatic heterocycles. The van der Waals surface area contributed by atoms with Crippen molar-refractivity contribution in [1.29, 1.82) is 0 Å². The fraction of sp³-hybridized carbons (Fsp3) is 0.278. The Balaban J connectivity index is 0.000000236. The van der Waals surface area contributed by atoms with E-state index in [0.29, 0.717) is 66.3 Å². The number of para-hydroxylation sites is 3. The monoisotopic (exact) mass is 1010 g/mol. The summed E-state index contributed by atoms with van der Waals surface area (Å²) in [5.74, 6) is 0. The van der Waals surface area contributed by atoms with E-state index in [9.17, 15) is 31.5 Å². The molecule has 2 aliphatic rings. The van der Waals surface area contributed by atoms with Crippen LogP contribution in [0.5, 0.6) is 0 Å². The molecule has 0 spiro atoms. The average molecular weight is 1020 g/mol. The highest BCUT2D eigenvalue weighted by molar-refractivity contribution is 7.94. The maximum atomic E-state index is 14.6. The van der Waals surface area contributed by atoms with Crippen LogP contribution in [-0.4, -0.2) is 103 Å². The summed E-state index contributed by atoms with van der Waals surface area (Å²) in [4.78, 5) is 33.3. The number of nitrogens with zero attached hydrogens (tertiary/aromatic N) is 6. The fourth-order valence-electron chi connectivity index (χ4n) is 9.65. The highest BCUT2D eigenvalue weighted by Gasteiger charge is 2.40. The van der Waals surface area contributed by atoms with Crippen LogP contribution in [0.3, 0.4) is 0 Å². The molecule has 2 atom stereocenters. The van der Waals surface area contributed by atoms with Crippen molar-refractivity contribution in [2.75, 3.05) is 34.8 Å². The van der Waals surface area contributed by atoms with Crippen LogP contribution in [0, 0.1) is 0 Å². The summed E-state index contributed by atoms with van der Waals surface area (Å²) >= 11 is 1.19. The zero-order valence-corrected chi connectivity index (χ0v) is 41.7. The average Bonchev–Trinajstić information content (AvgIpc) is 3.95. The lowest BCUT2D eigenvalue weighted by atomic mass is 9.93. The molecular formula is C54H58N6O8S3. The second kappa shape index (κ2) is 23.4. The van der Waals surface area contributed by atoms with E-state index in [1.165, 1.54) is 40.9 Å². The number of aromatic nitrogens is 1. The number of carboxylic acid groups (broad SMARTS) is 2. The summed E-state index contributed by atoms with van der Waals surface area (Å²) in [5.41, 5.74) is 4.04. The number of piperidine rings is 2. The molecule has 370 valence electrons. The minimum Gasteiger partial charge on any atom is -0.465 e. The molecule has 7 aromatic rings. The first-order chi connectivity index (χ1) is 34.4. The third kappa shape index (κ3) is 12.4. The Labute approximate surface area is 420 Å². The van der Waals surface area contributed by atoms with Crippen LogP contribution in [0.4, 0.5) is 21.0 Å². The first kappa shape index (κ1) is 50.6. The van der Waals surface area contributed by atoms with Gasteiger partial charge < -0.3 is 20.0 Å². The van der Waals surface area contributed by atoms with Crippen molar-refractivity contribution in [3.63, 3.8) is 0 Å². The van der Waals surface area contributed by atoms with Crippen LogP contribution in [0.15, 0.2) is 184 Å². The van der Waals surface area contributed by atoms with E-state index in [1.54, 1.807) is 78.3 Å². The Hall–Kier alpha value is -6.79. The van der Waals surface area contributed by atoms with Gasteiger partial charge in [0.25, 0.3) is 20.0 Å². The molecule has 14 nitrogen and oxygen atoms in total. The third-order valence-electron chi connectivity index (χ3n) is 13.0. The zero-order chi connectivity index (χ0) is 49.8. The van der Waals surface area contributed by atoms with Gasteiger partial charge in [-0.1, -0.05) is 121 Å². The van der Waals surface area contributed by atoms with Gasteiger partial charge in [0.1, 0.15) is 9.10 Å². The molecule has 2 N–H and O–H groups in total. The lowest BCUT2D eigenvalue weighted by Gasteiger charge is -2.43. The number of amides is 2. The number of fused-ring (bicyclic) bond motifs is 1. The molecule has 2 saturated heterocycles. The first-order valence-electron chi connectivity index (χ1n) is 23.7. The fourth-order valence-corrected chi connectivity index (χ4v) is 14.3. The standard InChI is InChI=1S/C38H40N4O4S.C16H18N2O4S2/c43-38(44)41-26-23-35(27-34(41)21-12-25-40(28-30-13-4-1-5-14-30)29-31-15-6-2-7-16-31)42(33-19-8-3-9-20-33)47(45,46)36-22-10-17-32-18-11-24-39-37(32)36;19-16(20)17-10-8-14(9-11-17)18(13-5-2-1-3-6-13)24(21,22)15-7-4-12-23-15/h1-11,13-20,22,24,34-35H,12,21,23,25-29H2,(H,43,44);1-7,12,14H,8-11H2,(H,19,20)/t34?,35-;/m0./s1. The summed E-state index contributed by atoms with van der Waals surface area (Å²) in [7, 11) is -7.71. The Morgan fingerprint density at radius 3 is 1.70 bits per heavy atom. The van der Waals surface area contributed by atoms with Crippen molar-refractivity contribution in [2.24, 2.45) is 0 Å². The van der Waals surface area contributed by atoms with Crippen molar-refractivity contribution in [3.8, 4) is 0 Å². The van der Waals surface area contributed by atoms with E-state index in [-0.39, 0.29) is 23.5 Å². The largest absolute Gasteiger partial charge is 0.465 e. The number of rotatable bonds is 16. The van der Waals surface area contributed by atoms with Crippen LogP contribution >= 0.6 is 11.3 Å². The van der Waals surface area contributed by atoms with Crippen molar-refractivity contribution in [1.82, 2.24) is 19.7 Å². The lowest BCUT2D eigenvalue weighted by molar-refractivity contribution is 0.0957. The van der Waals surface area contributed by atoms with Crippen LogP contribution in [-0.2, 0) is 33.1 Å². The second-order valence-electron chi connectivity index (χ2n) is 17.7. The van der Waals surface area contributed by atoms with Gasteiger partial charge in [-0.3, -0.25) is 18.5 Å². The number of benzene rings is 5. The van der Waals surface area contributed by atoms with Crippen molar-refractivity contribution in [2.45, 2.75) is 78.8 Å². The lowest BCUT2D eigenvalue weighted by Crippen LogP contribution is -2.53. The second-order valence-corrected chi connectivity index (χ2v) is 22.4. The predicted molar refractivity (Wildman–Crippen MR) is 279 cm³/mol. The van der Waals surface area contributed by atoms with Gasteiger partial charge >= 0.3 is 12.2 Å². The van der Waals surface area contributed by atoms with Gasteiger partial charge in [-0.2, -0.15) is 0 Å². The number of hydrogen-bond acceptors (Lipinski definition) is 9. The zero-order valence-electron chi connectivity index (χ0n) is 39.2. The van der Waals surface area contributed by atoms with Gasteiger partial charge in [-0.05, 0) is 104 Å². The molecule has 0 aliphatic carbocycles. The highest BCUT2D eigenvalue weighted by atomic mass is 32.2. The molecule has 2 aliphatic heterocycles. The van der Waals surface area contributed by atoms with Gasteiger partial charge in [0.15, 0.2) is 0 Å². The van der Waals surface area contributed by atoms with Crippen LogP contribution in [0.1, 0.15) is 49.7 Å². The number of likely N-dealkylation sites (tertiary alicyclic amines) is 2. The molecule has 1 unspecified atom stereocenters. The molecule has 0 bridgehead atoms. The summed E-state index contributed by atoms with van der Waals surface area (Å²) in [6, 6.07) is 50.0. The minimum absolute atomic E-state index is 0.147. The maximum Gasteiger partial charge on any atom is 0.407 e. The Morgan fingerprint density at radius 1 is 0.606 bits per heavy atom. The summed E-state index contributed by atoms with van der Waals surface area (Å²) in [5, 5.41) is 21.8. The number of sulfonamides is 2. The highest BCUT2D eigenvalue weighted by Crippen LogP contribution is 2.36. The molecule has 0 radical (unpaired) electrons. The van der Waals surface area contributed by atoms with E-state index in [2.05, 4.69) is 34.1 Å². The molecular weight excluding hydrogens is 957 g/mol. The number of hydrogen-bond donors (Lipinski definition) is 2. The molecule has 2 fully saturated rings. The van der Waals surface area contributed by atoms with Gasteiger partial charge in [0.2, 0.25) is 0 Å². The maximum absolute atomic E-state index is 14.6. The number of thiophene rings is 1. The number of pyridine rings is 1. The van der Waals surface area contributed by atoms with Gasteiger partial charge in [-0.25, -0.2) is 26.4 Å². The molecule has 0 saturated carbocycles. The Kier molecular flexibility index (Phi) is 16.7. The van der Waals surface area contributed by atoms with Gasteiger partial charge in [0, 0.05) is 62.4 Å². The molecule has 17 heteroatoms. The number of carbonyl (C=O) groups is 2. The predicted octanol–water partition coefficient (Wildman–Crippen LogP) is 10.5. The number of anilines is 2. The topological polar surface area (TPSA) is 172 Å². The van der Waals surface area contributed by atoms with E-state index >= 15 is 0 Å². The molecule has 9 rings (SSSR count). The third-order valence-corrected chi connectivity index (χ3v) is 18.2. The molecule has 4 heterocycles. The summed E-state index contributed by atoms with van der Waals surface area (Å²) in [6.07, 6.45) is 2.82. The van der Waals surface area contributed by atoms with E-state index < -0.39 is 38.3 Å². The summed E-state index contributed by atoms with van der Waals surface area (Å²) in [6.45, 7) is 3.28. The normalized spacial score (nSPS) is 16.5. The van der Waals surface area contributed by atoms with E-state index in [4.69, 9.17) is 5.11 Å². The Bertz CT molecular complexity index is 2990. The smallest absolute Gasteiger partial charge is 0.407 e. The molecule has 2 amide bonds. The first-order valence-corrected chi connectivity index (χ1v) is 27.5. The van der Waals surface area contributed by atoms with Crippen LogP contribution in [0.2, 0.25) is 0 Å². The summed E-state index contributed by atoms with van der Waals surface area (Å²) < 4.78 is 58.6. The van der Waals surface area contributed by atoms with Crippen LogP contribution in [0.25, 0.3) is 10.9 Å². The van der Waals surface area contributed by atoms with Gasteiger partial charge in [-0.15, -0.1) is 11.3 Å². The molecule has 5 aromatic carbocycles. The van der Waals surface area contributed by atoms with Crippen molar-refractivity contribution >= 4 is 65.8 Å². The SMILES string of the molecule is O=C(O)N1CCC(N(c2ccccc2)S(=O)(=O)c2cccs2)CC1.O=C(O)N1CC[C@H](N(c2ccccc2)S(=O)(=O)c2cccc3cccnc23)CC1CCCN(Cc1ccccc1)Cc1ccccc1. The van der Waals surface area contributed by atoms with E-state index in [0.717, 1.165) is 31.4 Å². The van der Waals surface area contributed by atoms with Crippen molar-refractivity contribution < 1.29 is 36.6 Å². The van der Waals surface area contributed by atoms with Gasteiger partial charge in [0.05, 0.1) is 16.9 Å². The quantitative estimate of drug-likeness (QED) is 0.0949.